The van der Waals surface area contributed by atoms with Crippen LogP contribution in [0.15, 0.2) is 41.4 Å². The van der Waals surface area contributed by atoms with Crippen molar-refractivity contribution in [2.24, 2.45) is 4.99 Å². The Morgan fingerprint density at radius 3 is 2.66 bits per heavy atom. The molecule has 0 amide bonds. The summed E-state index contributed by atoms with van der Waals surface area (Å²) in [5.74, 6) is 2.63. The van der Waals surface area contributed by atoms with Gasteiger partial charge in [0.15, 0.2) is 17.5 Å². The minimum atomic E-state index is 0. The van der Waals surface area contributed by atoms with Crippen LogP contribution in [0.5, 0.6) is 11.5 Å². The van der Waals surface area contributed by atoms with Crippen molar-refractivity contribution >= 4 is 29.9 Å². The van der Waals surface area contributed by atoms with Crippen LogP contribution in [-0.2, 0) is 13.1 Å². The molecular weight excluding hydrogens is 481 g/mol. The number of nitrogens with zero attached hydrogens (tertiary/aromatic N) is 4. The van der Waals surface area contributed by atoms with E-state index in [4.69, 9.17) is 9.47 Å². The van der Waals surface area contributed by atoms with E-state index in [1.807, 2.05) is 38.2 Å². The van der Waals surface area contributed by atoms with Gasteiger partial charge < -0.3 is 19.7 Å². The molecule has 0 bridgehead atoms. The molecule has 2 aliphatic heterocycles. The molecule has 0 spiro atoms. The highest BCUT2D eigenvalue weighted by atomic mass is 127. The predicted octanol–water partition coefficient (Wildman–Crippen LogP) is 2.63. The molecule has 0 atom stereocenters. The van der Waals surface area contributed by atoms with Gasteiger partial charge in [-0.2, -0.15) is 0 Å². The van der Waals surface area contributed by atoms with Gasteiger partial charge in [0.2, 0.25) is 6.79 Å². The summed E-state index contributed by atoms with van der Waals surface area (Å²) in [7, 11) is 1.84. The maximum absolute atomic E-state index is 5.48. The number of piperazine rings is 1. The average Bonchev–Trinajstić information content (AvgIpc) is 3.17. The van der Waals surface area contributed by atoms with Crippen LogP contribution in [0.4, 0.5) is 0 Å². The quantitative estimate of drug-likeness (QED) is 0.389. The van der Waals surface area contributed by atoms with Gasteiger partial charge in [0, 0.05) is 45.5 Å². The third kappa shape index (κ3) is 5.51. The number of pyridine rings is 1. The monoisotopic (exact) mass is 509 g/mol. The molecule has 3 heterocycles. The number of hydrogen-bond donors (Lipinski definition) is 1. The standard InChI is InChI=1S/C21H27N5O2.HI/c1-16-4-3-5-18(24-16)13-23-21(22-2)26-10-8-25(9-11-26)14-17-6-7-19-20(12-17)28-15-27-19;/h3-7,12H,8-11,13-15H2,1-2H3,(H,22,23);1H. The first-order valence-electron chi connectivity index (χ1n) is 9.70. The molecule has 2 aromatic rings. The van der Waals surface area contributed by atoms with Gasteiger partial charge in [0.05, 0.1) is 12.2 Å². The van der Waals surface area contributed by atoms with Gasteiger partial charge in [0.25, 0.3) is 0 Å². The molecular formula is C21H28IN5O2. The molecule has 0 saturated carbocycles. The van der Waals surface area contributed by atoms with Gasteiger partial charge in [0.1, 0.15) is 0 Å². The second kappa shape index (κ2) is 10.1. The van der Waals surface area contributed by atoms with Crippen LogP contribution in [0.1, 0.15) is 17.0 Å². The fourth-order valence-corrected chi connectivity index (χ4v) is 3.62. The third-order valence-electron chi connectivity index (χ3n) is 5.10. The lowest BCUT2D eigenvalue weighted by molar-refractivity contribution is 0.171. The molecule has 29 heavy (non-hydrogen) atoms. The summed E-state index contributed by atoms with van der Waals surface area (Å²) < 4.78 is 10.9. The summed E-state index contributed by atoms with van der Waals surface area (Å²) in [6, 6.07) is 12.3. The molecule has 1 saturated heterocycles. The minimum absolute atomic E-state index is 0. The van der Waals surface area contributed by atoms with E-state index in [2.05, 4.69) is 37.2 Å². The van der Waals surface area contributed by atoms with Gasteiger partial charge >= 0.3 is 0 Å². The molecule has 1 aromatic heterocycles. The van der Waals surface area contributed by atoms with Crippen LogP contribution in [0.3, 0.4) is 0 Å². The Morgan fingerprint density at radius 1 is 1.10 bits per heavy atom. The van der Waals surface area contributed by atoms with Crippen LogP contribution in [-0.4, -0.2) is 60.8 Å². The number of aliphatic imine (C=N–C) groups is 1. The Labute approximate surface area is 189 Å². The first-order valence-corrected chi connectivity index (χ1v) is 9.70. The first-order chi connectivity index (χ1) is 13.7. The van der Waals surface area contributed by atoms with Gasteiger partial charge in [-0.05, 0) is 36.8 Å². The maximum atomic E-state index is 5.48. The van der Waals surface area contributed by atoms with Crippen molar-refractivity contribution in [2.75, 3.05) is 40.0 Å². The third-order valence-corrected chi connectivity index (χ3v) is 5.10. The molecule has 8 heteroatoms. The highest BCUT2D eigenvalue weighted by Crippen LogP contribution is 2.32. The van der Waals surface area contributed by atoms with Crippen LogP contribution in [0.2, 0.25) is 0 Å². The fourth-order valence-electron chi connectivity index (χ4n) is 3.62. The molecule has 0 radical (unpaired) electrons. The number of benzene rings is 1. The zero-order valence-electron chi connectivity index (χ0n) is 16.9. The minimum Gasteiger partial charge on any atom is -0.454 e. The highest BCUT2D eigenvalue weighted by Gasteiger charge is 2.21. The van der Waals surface area contributed by atoms with Crippen molar-refractivity contribution in [2.45, 2.75) is 20.0 Å². The average molecular weight is 509 g/mol. The molecule has 1 fully saturated rings. The van der Waals surface area contributed by atoms with Gasteiger partial charge in [-0.25, -0.2) is 0 Å². The van der Waals surface area contributed by atoms with Gasteiger partial charge in [-0.15, -0.1) is 24.0 Å². The summed E-state index contributed by atoms with van der Waals surface area (Å²) in [4.78, 5) is 13.8. The number of aromatic nitrogens is 1. The zero-order chi connectivity index (χ0) is 19.3. The molecule has 2 aliphatic rings. The molecule has 1 N–H and O–H groups in total. The summed E-state index contributed by atoms with van der Waals surface area (Å²) in [5.41, 5.74) is 3.32. The number of ether oxygens (including phenoxy) is 2. The maximum Gasteiger partial charge on any atom is 0.231 e. The largest absolute Gasteiger partial charge is 0.454 e. The van der Waals surface area contributed by atoms with Crippen molar-refractivity contribution in [1.82, 2.24) is 20.1 Å². The number of fused-ring (bicyclic) bond motifs is 1. The SMILES string of the molecule is CN=C(NCc1cccc(C)n1)N1CCN(Cc2ccc3c(c2)OCO3)CC1.I. The Hall–Kier alpha value is -2.07. The summed E-state index contributed by atoms with van der Waals surface area (Å²) in [6.07, 6.45) is 0. The van der Waals surface area contributed by atoms with E-state index < -0.39 is 0 Å². The summed E-state index contributed by atoms with van der Waals surface area (Å²) >= 11 is 0. The molecule has 0 aliphatic carbocycles. The molecule has 7 nitrogen and oxygen atoms in total. The van der Waals surface area contributed by atoms with E-state index >= 15 is 0 Å². The summed E-state index contributed by atoms with van der Waals surface area (Å²) in [6.45, 7) is 7.83. The lowest BCUT2D eigenvalue weighted by Gasteiger charge is -2.36. The van der Waals surface area contributed by atoms with Crippen LogP contribution in [0.25, 0.3) is 0 Å². The predicted molar refractivity (Wildman–Crippen MR) is 124 cm³/mol. The van der Waals surface area contributed by atoms with Crippen molar-refractivity contribution in [1.29, 1.82) is 0 Å². The second-order valence-electron chi connectivity index (χ2n) is 7.12. The highest BCUT2D eigenvalue weighted by molar-refractivity contribution is 14.0. The van der Waals surface area contributed by atoms with Crippen LogP contribution in [0, 0.1) is 6.92 Å². The van der Waals surface area contributed by atoms with Crippen molar-refractivity contribution < 1.29 is 9.47 Å². The lowest BCUT2D eigenvalue weighted by Crippen LogP contribution is -2.52. The number of aryl methyl sites for hydroxylation is 1. The van der Waals surface area contributed by atoms with Gasteiger partial charge in [-0.3, -0.25) is 14.9 Å². The topological polar surface area (TPSA) is 62.2 Å². The Bertz CT molecular complexity index is 853. The number of halogens is 1. The van der Waals surface area contributed by atoms with Crippen LogP contribution < -0.4 is 14.8 Å². The van der Waals surface area contributed by atoms with E-state index in [1.165, 1.54) is 5.56 Å². The van der Waals surface area contributed by atoms with Crippen molar-refractivity contribution in [3.8, 4) is 11.5 Å². The van der Waals surface area contributed by atoms with Crippen molar-refractivity contribution in [3.05, 3.63) is 53.3 Å². The van der Waals surface area contributed by atoms with E-state index in [0.29, 0.717) is 13.3 Å². The molecule has 4 rings (SSSR count). The van der Waals surface area contributed by atoms with Crippen LogP contribution >= 0.6 is 24.0 Å². The van der Waals surface area contributed by atoms with Crippen molar-refractivity contribution in [3.63, 3.8) is 0 Å². The number of rotatable bonds is 4. The van der Waals surface area contributed by atoms with E-state index in [1.54, 1.807) is 0 Å². The van der Waals surface area contributed by atoms with Gasteiger partial charge in [-0.1, -0.05) is 12.1 Å². The molecule has 1 aromatic carbocycles. The van der Waals surface area contributed by atoms with E-state index in [-0.39, 0.29) is 24.0 Å². The number of nitrogens with one attached hydrogen (secondary N) is 1. The Balaban J connectivity index is 0.00000240. The number of hydrogen-bond acceptors (Lipinski definition) is 5. The first kappa shape index (κ1) is 21.6. The number of guanidine groups is 1. The van der Waals surface area contributed by atoms with E-state index in [0.717, 1.165) is 61.6 Å². The smallest absolute Gasteiger partial charge is 0.231 e. The second-order valence-corrected chi connectivity index (χ2v) is 7.12. The zero-order valence-corrected chi connectivity index (χ0v) is 19.3. The Morgan fingerprint density at radius 2 is 1.90 bits per heavy atom. The summed E-state index contributed by atoms with van der Waals surface area (Å²) in [5, 5.41) is 3.44. The van der Waals surface area contributed by atoms with E-state index in [9.17, 15) is 0 Å². The normalized spacial score (nSPS) is 16.5. The molecule has 0 unspecified atom stereocenters. The fraction of sp³-hybridized carbons (Fsp3) is 0.429. The molecule has 156 valence electrons. The lowest BCUT2D eigenvalue weighted by atomic mass is 10.1. The Kier molecular flexibility index (Phi) is 7.54.